The smallest absolute Gasteiger partial charge is 0.243 e. The van der Waals surface area contributed by atoms with Gasteiger partial charge in [0.05, 0.1) is 24.5 Å². The maximum absolute atomic E-state index is 13.2. The monoisotopic (exact) mass is 284 g/mol. The predicted octanol–water partition coefficient (Wildman–Crippen LogP) is 2.47. The fourth-order valence-corrected chi connectivity index (χ4v) is 2.37. The van der Waals surface area contributed by atoms with E-state index < -0.39 is 5.82 Å². The number of para-hydroxylation sites is 2. The van der Waals surface area contributed by atoms with Gasteiger partial charge in [-0.15, -0.1) is 0 Å². The standard InChI is InChI=1S/C16H13FN2O2/c17-12-5-3-4-11(8-12)15(20)9-19-10-16(21)18-13-6-1-2-7-14(13)19/h1-8H,9-10H2,(H,18,21). The van der Waals surface area contributed by atoms with E-state index in [0.717, 1.165) is 5.69 Å². The molecular weight excluding hydrogens is 271 g/mol. The Morgan fingerprint density at radius 3 is 2.81 bits per heavy atom. The summed E-state index contributed by atoms with van der Waals surface area (Å²) in [6.45, 7) is 0.145. The van der Waals surface area contributed by atoms with Crippen molar-refractivity contribution in [3.63, 3.8) is 0 Å². The molecule has 0 saturated carbocycles. The van der Waals surface area contributed by atoms with Crippen LogP contribution in [0.15, 0.2) is 48.5 Å². The van der Waals surface area contributed by atoms with Crippen molar-refractivity contribution >= 4 is 23.1 Å². The molecule has 3 rings (SSSR count). The highest BCUT2D eigenvalue weighted by atomic mass is 19.1. The van der Waals surface area contributed by atoms with Crippen LogP contribution in [0.25, 0.3) is 0 Å². The van der Waals surface area contributed by atoms with Crippen LogP contribution in [0.4, 0.5) is 15.8 Å². The molecule has 4 nitrogen and oxygen atoms in total. The number of rotatable bonds is 3. The molecule has 1 N–H and O–H groups in total. The molecule has 0 spiro atoms. The average molecular weight is 284 g/mol. The number of amides is 1. The van der Waals surface area contributed by atoms with Crippen LogP contribution < -0.4 is 10.2 Å². The first-order valence-corrected chi connectivity index (χ1v) is 6.56. The van der Waals surface area contributed by atoms with Crippen LogP contribution in [0.2, 0.25) is 0 Å². The van der Waals surface area contributed by atoms with Crippen molar-refractivity contribution in [3.8, 4) is 0 Å². The first kappa shape index (κ1) is 13.3. The lowest BCUT2D eigenvalue weighted by molar-refractivity contribution is -0.115. The first-order chi connectivity index (χ1) is 10.1. The summed E-state index contributed by atoms with van der Waals surface area (Å²) in [5, 5.41) is 2.76. The number of ketones is 1. The molecule has 0 unspecified atom stereocenters. The van der Waals surface area contributed by atoms with E-state index in [1.807, 2.05) is 18.2 Å². The Bertz CT molecular complexity index is 715. The van der Waals surface area contributed by atoms with E-state index in [2.05, 4.69) is 5.32 Å². The van der Waals surface area contributed by atoms with E-state index in [9.17, 15) is 14.0 Å². The summed E-state index contributed by atoms with van der Waals surface area (Å²) >= 11 is 0. The van der Waals surface area contributed by atoms with Crippen molar-refractivity contribution in [1.82, 2.24) is 0 Å². The third kappa shape index (κ3) is 2.76. The van der Waals surface area contributed by atoms with Gasteiger partial charge in [-0.3, -0.25) is 9.59 Å². The second-order valence-corrected chi connectivity index (χ2v) is 4.85. The quantitative estimate of drug-likeness (QED) is 0.881. The van der Waals surface area contributed by atoms with Crippen molar-refractivity contribution in [2.75, 3.05) is 23.3 Å². The topological polar surface area (TPSA) is 49.4 Å². The third-order valence-electron chi connectivity index (χ3n) is 3.33. The number of anilines is 2. The number of benzene rings is 2. The molecule has 1 aliphatic rings. The Labute approximate surface area is 121 Å². The van der Waals surface area contributed by atoms with Crippen molar-refractivity contribution in [2.45, 2.75) is 0 Å². The van der Waals surface area contributed by atoms with E-state index in [4.69, 9.17) is 0 Å². The number of hydrogen-bond donors (Lipinski definition) is 1. The summed E-state index contributed by atoms with van der Waals surface area (Å²) in [6, 6.07) is 12.9. The summed E-state index contributed by atoms with van der Waals surface area (Å²) < 4.78 is 13.2. The SMILES string of the molecule is O=C1CN(CC(=O)c2cccc(F)c2)c2ccccc2N1. The summed E-state index contributed by atoms with van der Waals surface area (Å²) in [6.07, 6.45) is 0. The lowest BCUT2D eigenvalue weighted by atomic mass is 10.1. The molecule has 0 saturated heterocycles. The highest BCUT2D eigenvalue weighted by Gasteiger charge is 2.23. The molecule has 0 aromatic heterocycles. The molecule has 1 amide bonds. The van der Waals surface area contributed by atoms with Crippen molar-refractivity contribution in [1.29, 1.82) is 0 Å². The van der Waals surface area contributed by atoms with Crippen LogP contribution in [0.3, 0.4) is 0 Å². The van der Waals surface area contributed by atoms with Gasteiger partial charge >= 0.3 is 0 Å². The molecule has 0 radical (unpaired) electrons. The van der Waals surface area contributed by atoms with Gasteiger partial charge in [-0.25, -0.2) is 4.39 Å². The van der Waals surface area contributed by atoms with Gasteiger partial charge in [0.2, 0.25) is 5.91 Å². The number of nitrogens with zero attached hydrogens (tertiary/aromatic N) is 1. The Morgan fingerprint density at radius 2 is 2.00 bits per heavy atom. The molecule has 2 aromatic carbocycles. The molecular formula is C16H13FN2O2. The number of fused-ring (bicyclic) bond motifs is 1. The molecule has 106 valence electrons. The Kier molecular flexibility index (Phi) is 3.39. The third-order valence-corrected chi connectivity index (χ3v) is 3.33. The number of carbonyl (C=O) groups is 2. The molecule has 5 heteroatoms. The van der Waals surface area contributed by atoms with Gasteiger partial charge in [0.15, 0.2) is 5.78 Å². The summed E-state index contributed by atoms with van der Waals surface area (Å²) in [7, 11) is 0. The van der Waals surface area contributed by atoms with Gasteiger partial charge in [0, 0.05) is 5.56 Å². The normalized spacial score (nSPS) is 13.6. The molecule has 21 heavy (non-hydrogen) atoms. The van der Waals surface area contributed by atoms with E-state index in [-0.39, 0.29) is 24.8 Å². The number of carbonyl (C=O) groups excluding carboxylic acids is 2. The van der Waals surface area contributed by atoms with Crippen LogP contribution in [0.5, 0.6) is 0 Å². The second kappa shape index (κ2) is 5.36. The number of nitrogens with one attached hydrogen (secondary N) is 1. The zero-order valence-electron chi connectivity index (χ0n) is 11.2. The van der Waals surface area contributed by atoms with Gasteiger partial charge in [-0.05, 0) is 24.3 Å². The molecule has 1 aliphatic heterocycles. The molecule has 2 aromatic rings. The van der Waals surface area contributed by atoms with E-state index in [1.165, 1.54) is 18.2 Å². The summed E-state index contributed by atoms with van der Waals surface area (Å²) in [5.74, 6) is -0.836. The first-order valence-electron chi connectivity index (χ1n) is 6.56. The van der Waals surface area contributed by atoms with Crippen molar-refractivity contribution < 1.29 is 14.0 Å². The van der Waals surface area contributed by atoms with Gasteiger partial charge in [-0.1, -0.05) is 24.3 Å². The van der Waals surface area contributed by atoms with Gasteiger partial charge < -0.3 is 10.2 Å². The largest absolute Gasteiger partial charge is 0.353 e. The fourth-order valence-electron chi connectivity index (χ4n) is 2.37. The zero-order chi connectivity index (χ0) is 14.8. The van der Waals surface area contributed by atoms with Crippen LogP contribution in [-0.4, -0.2) is 24.8 Å². The highest BCUT2D eigenvalue weighted by Crippen LogP contribution is 2.28. The highest BCUT2D eigenvalue weighted by molar-refractivity contribution is 6.05. The van der Waals surface area contributed by atoms with Crippen molar-refractivity contribution in [2.24, 2.45) is 0 Å². The number of hydrogen-bond acceptors (Lipinski definition) is 3. The zero-order valence-corrected chi connectivity index (χ0v) is 11.2. The minimum Gasteiger partial charge on any atom is -0.353 e. The Hall–Kier alpha value is -2.69. The number of halogens is 1. The van der Waals surface area contributed by atoms with Crippen LogP contribution in [0, 0.1) is 5.82 Å². The van der Waals surface area contributed by atoms with Crippen molar-refractivity contribution in [3.05, 3.63) is 59.9 Å². The molecule has 1 heterocycles. The van der Waals surface area contributed by atoms with E-state index >= 15 is 0 Å². The summed E-state index contributed by atoms with van der Waals surface area (Å²) in [5.41, 5.74) is 1.78. The minimum absolute atomic E-state index is 0.0356. The van der Waals surface area contributed by atoms with Crippen LogP contribution in [0.1, 0.15) is 10.4 Å². The Morgan fingerprint density at radius 1 is 1.19 bits per heavy atom. The average Bonchev–Trinajstić information content (AvgIpc) is 2.47. The molecule has 0 atom stereocenters. The van der Waals surface area contributed by atoms with Crippen LogP contribution >= 0.6 is 0 Å². The fraction of sp³-hybridized carbons (Fsp3) is 0.125. The number of Topliss-reactive ketones (excluding diaryl/α,β-unsaturated/α-hetero) is 1. The maximum Gasteiger partial charge on any atom is 0.243 e. The second-order valence-electron chi connectivity index (χ2n) is 4.85. The van der Waals surface area contributed by atoms with E-state index in [1.54, 1.807) is 17.0 Å². The lowest BCUT2D eigenvalue weighted by Crippen LogP contribution is -2.41. The molecule has 0 bridgehead atoms. The van der Waals surface area contributed by atoms with Crippen LogP contribution in [-0.2, 0) is 4.79 Å². The molecule has 0 fully saturated rings. The minimum atomic E-state index is -0.447. The summed E-state index contributed by atoms with van der Waals surface area (Å²) in [4.78, 5) is 25.6. The maximum atomic E-state index is 13.2. The van der Waals surface area contributed by atoms with Gasteiger partial charge in [-0.2, -0.15) is 0 Å². The van der Waals surface area contributed by atoms with Gasteiger partial charge in [0.25, 0.3) is 0 Å². The van der Waals surface area contributed by atoms with Gasteiger partial charge in [0.1, 0.15) is 5.82 Å². The lowest BCUT2D eigenvalue weighted by Gasteiger charge is -2.30. The Balaban J connectivity index is 1.85. The van der Waals surface area contributed by atoms with E-state index in [0.29, 0.717) is 11.3 Å². The predicted molar refractivity (Wildman–Crippen MR) is 78.0 cm³/mol. The molecule has 0 aliphatic carbocycles.